The van der Waals surface area contributed by atoms with Gasteiger partial charge in [0.1, 0.15) is 5.69 Å². The molecule has 0 unspecified atom stereocenters. The van der Waals surface area contributed by atoms with Gasteiger partial charge in [-0.3, -0.25) is 19.0 Å². The average molecular weight is 583 g/mol. The van der Waals surface area contributed by atoms with E-state index in [1.165, 1.54) is 4.57 Å². The van der Waals surface area contributed by atoms with E-state index in [4.69, 9.17) is 27.9 Å². The molecule has 4 aromatic carbocycles. The lowest BCUT2D eigenvalue weighted by Gasteiger charge is -2.16. The maximum Gasteiger partial charge on any atom is 0.311 e. The molecule has 5 rings (SSSR count). The molecule has 0 spiro atoms. The molecule has 1 N–H and O–H groups in total. The molecular formula is C33H24Cl2N2O4. The molecule has 0 saturated heterocycles. The summed E-state index contributed by atoms with van der Waals surface area (Å²) in [5, 5.41) is 3.48. The van der Waals surface area contributed by atoms with Crippen molar-refractivity contribution < 1.29 is 14.3 Å². The number of pyridine rings is 1. The summed E-state index contributed by atoms with van der Waals surface area (Å²) >= 11 is 12.5. The van der Waals surface area contributed by atoms with Crippen molar-refractivity contribution in [3.8, 4) is 33.7 Å². The third kappa shape index (κ3) is 6.24. The minimum Gasteiger partial charge on any atom is -0.423 e. The van der Waals surface area contributed by atoms with Gasteiger partial charge in [-0.1, -0.05) is 90.8 Å². The van der Waals surface area contributed by atoms with Crippen LogP contribution in [0.2, 0.25) is 10.0 Å². The molecule has 0 aliphatic carbocycles. The van der Waals surface area contributed by atoms with E-state index in [1.54, 1.807) is 73.8 Å². The van der Waals surface area contributed by atoms with Crippen LogP contribution in [0.15, 0.2) is 114 Å². The monoisotopic (exact) mass is 582 g/mol. The highest BCUT2D eigenvalue weighted by Gasteiger charge is 2.19. The van der Waals surface area contributed by atoms with Gasteiger partial charge >= 0.3 is 5.97 Å². The second kappa shape index (κ2) is 12.3. The molecule has 204 valence electrons. The number of carbonyl (C=O) groups excluding carboxylic acids is 2. The number of hydrogen-bond donors (Lipinski definition) is 1. The van der Waals surface area contributed by atoms with Crippen LogP contribution >= 0.6 is 23.2 Å². The third-order valence-corrected chi connectivity index (χ3v) is 6.96. The summed E-state index contributed by atoms with van der Waals surface area (Å²) in [6, 6.07) is 30.4. The Hall–Kier alpha value is -4.65. The van der Waals surface area contributed by atoms with Crippen LogP contribution in [-0.2, 0) is 4.79 Å². The Labute approximate surface area is 246 Å². The van der Waals surface area contributed by atoms with Gasteiger partial charge in [-0.2, -0.15) is 0 Å². The van der Waals surface area contributed by atoms with E-state index in [0.717, 1.165) is 16.7 Å². The van der Waals surface area contributed by atoms with E-state index in [-0.39, 0.29) is 28.6 Å². The molecule has 0 bridgehead atoms. The van der Waals surface area contributed by atoms with Gasteiger partial charge in [-0.15, -0.1) is 0 Å². The normalized spacial score (nSPS) is 10.7. The van der Waals surface area contributed by atoms with Crippen LogP contribution in [0.3, 0.4) is 0 Å². The van der Waals surface area contributed by atoms with Crippen molar-refractivity contribution in [1.82, 2.24) is 4.57 Å². The Kier molecular flexibility index (Phi) is 8.34. The van der Waals surface area contributed by atoms with E-state index in [9.17, 15) is 14.4 Å². The first-order valence-electron chi connectivity index (χ1n) is 12.8. The van der Waals surface area contributed by atoms with Gasteiger partial charge < -0.3 is 10.1 Å². The molecule has 0 fully saturated rings. The Bertz CT molecular complexity index is 1780. The Morgan fingerprint density at radius 2 is 1.41 bits per heavy atom. The van der Waals surface area contributed by atoms with Crippen molar-refractivity contribution in [2.45, 2.75) is 13.3 Å². The van der Waals surface area contributed by atoms with Crippen molar-refractivity contribution in [2.75, 3.05) is 5.32 Å². The summed E-state index contributed by atoms with van der Waals surface area (Å²) in [4.78, 5) is 39.2. The number of carbonyl (C=O) groups is 2. The van der Waals surface area contributed by atoms with Gasteiger partial charge in [0, 0.05) is 28.8 Å². The number of ether oxygens (including phenoxy) is 1. The van der Waals surface area contributed by atoms with Crippen molar-refractivity contribution >= 4 is 40.8 Å². The summed E-state index contributed by atoms with van der Waals surface area (Å²) in [6.45, 7) is 1.66. The number of amides is 1. The van der Waals surface area contributed by atoms with Crippen molar-refractivity contribution in [1.29, 1.82) is 0 Å². The lowest BCUT2D eigenvalue weighted by molar-refractivity contribution is -0.134. The molecule has 1 heterocycles. The summed E-state index contributed by atoms with van der Waals surface area (Å²) < 4.78 is 6.81. The first kappa shape index (κ1) is 27.9. The lowest BCUT2D eigenvalue weighted by Crippen LogP contribution is -2.25. The fourth-order valence-corrected chi connectivity index (χ4v) is 4.60. The first-order chi connectivity index (χ1) is 19.8. The Morgan fingerprint density at radius 3 is 2.10 bits per heavy atom. The van der Waals surface area contributed by atoms with Crippen LogP contribution < -0.4 is 15.6 Å². The highest BCUT2D eigenvalue weighted by atomic mass is 35.5. The summed E-state index contributed by atoms with van der Waals surface area (Å²) in [7, 11) is 0. The van der Waals surface area contributed by atoms with Crippen LogP contribution in [0.4, 0.5) is 5.69 Å². The fourth-order valence-electron chi connectivity index (χ4n) is 4.26. The zero-order valence-corrected chi connectivity index (χ0v) is 23.4. The van der Waals surface area contributed by atoms with Crippen LogP contribution in [0.1, 0.15) is 23.7 Å². The molecule has 41 heavy (non-hydrogen) atoms. The molecule has 0 aliphatic rings. The van der Waals surface area contributed by atoms with Crippen LogP contribution in [-0.4, -0.2) is 16.4 Å². The van der Waals surface area contributed by atoms with Gasteiger partial charge in [0.25, 0.3) is 11.5 Å². The van der Waals surface area contributed by atoms with E-state index < -0.39 is 17.4 Å². The largest absolute Gasteiger partial charge is 0.423 e. The van der Waals surface area contributed by atoms with Crippen LogP contribution in [0, 0.1) is 0 Å². The van der Waals surface area contributed by atoms with Crippen LogP contribution in [0.25, 0.3) is 27.9 Å². The van der Waals surface area contributed by atoms with Gasteiger partial charge in [0.05, 0.1) is 10.7 Å². The Balaban J connectivity index is 1.58. The maximum atomic E-state index is 13.8. The second-order valence-electron chi connectivity index (χ2n) is 9.14. The number of nitrogens with zero attached hydrogens (tertiary/aromatic N) is 1. The smallest absolute Gasteiger partial charge is 0.311 e. The lowest BCUT2D eigenvalue weighted by atomic mass is 10.0. The molecule has 1 amide bonds. The van der Waals surface area contributed by atoms with Crippen LogP contribution in [0.5, 0.6) is 5.75 Å². The first-order valence-corrected chi connectivity index (χ1v) is 13.6. The average Bonchev–Trinajstić information content (AvgIpc) is 3.00. The number of halogens is 2. The molecule has 8 heteroatoms. The van der Waals surface area contributed by atoms with E-state index in [2.05, 4.69) is 5.32 Å². The summed E-state index contributed by atoms with van der Waals surface area (Å²) in [5.41, 5.74) is 3.48. The minimum absolute atomic E-state index is 0.0299. The van der Waals surface area contributed by atoms with Gasteiger partial charge in [-0.25, -0.2) is 0 Å². The number of para-hydroxylation sites is 1. The molecule has 1 aromatic heterocycles. The predicted molar refractivity (Wildman–Crippen MR) is 163 cm³/mol. The third-order valence-electron chi connectivity index (χ3n) is 6.41. The highest BCUT2D eigenvalue weighted by Crippen LogP contribution is 2.33. The molecule has 6 nitrogen and oxygen atoms in total. The zero-order valence-electron chi connectivity index (χ0n) is 21.9. The molecule has 0 radical (unpaired) electrons. The molecule has 5 aromatic rings. The predicted octanol–water partition coefficient (Wildman–Crippen LogP) is 8.05. The van der Waals surface area contributed by atoms with E-state index >= 15 is 0 Å². The molecule has 0 saturated carbocycles. The van der Waals surface area contributed by atoms with Gasteiger partial charge in [0.15, 0.2) is 5.75 Å². The SMILES string of the molecule is CCC(=O)Oc1c(Cl)cccc1-n1cc(-c2ccc(Cl)cc2)cc(NC(=O)c2ccc(-c3ccccc3)cc2)c1=O. The zero-order chi connectivity index (χ0) is 28.9. The number of hydrogen-bond acceptors (Lipinski definition) is 4. The fraction of sp³-hybridized carbons (Fsp3) is 0.0606. The van der Waals surface area contributed by atoms with Gasteiger partial charge in [-0.05, 0) is 59.2 Å². The topological polar surface area (TPSA) is 77.4 Å². The maximum absolute atomic E-state index is 13.8. The van der Waals surface area contributed by atoms with E-state index in [1.807, 2.05) is 42.5 Å². The highest BCUT2D eigenvalue weighted by molar-refractivity contribution is 6.32. The second-order valence-corrected chi connectivity index (χ2v) is 9.98. The molecule has 0 aliphatic heterocycles. The van der Waals surface area contributed by atoms with Crippen molar-refractivity contribution in [3.63, 3.8) is 0 Å². The number of nitrogens with one attached hydrogen (secondary N) is 1. The van der Waals surface area contributed by atoms with Crippen molar-refractivity contribution in [3.05, 3.63) is 135 Å². The van der Waals surface area contributed by atoms with E-state index in [0.29, 0.717) is 16.1 Å². The number of aromatic nitrogens is 1. The molecule has 0 atom stereocenters. The summed E-state index contributed by atoms with van der Waals surface area (Å²) in [5.74, 6) is -0.913. The van der Waals surface area contributed by atoms with Crippen molar-refractivity contribution in [2.24, 2.45) is 0 Å². The summed E-state index contributed by atoms with van der Waals surface area (Å²) in [6.07, 6.45) is 1.72. The number of rotatable bonds is 7. The number of esters is 1. The number of anilines is 1. The standard InChI is InChI=1S/C33H24Cl2N2O4/c1-2-30(38)41-31-27(35)9-6-10-29(31)37-20-25(23-15-17-26(34)18-16-23)19-28(33(37)40)36-32(39)24-13-11-22(12-14-24)21-7-4-3-5-8-21/h3-20H,2H2,1H3,(H,36,39). The minimum atomic E-state index is -0.534. The number of benzene rings is 4. The quantitative estimate of drug-likeness (QED) is 0.155. The van der Waals surface area contributed by atoms with Gasteiger partial charge in [0.2, 0.25) is 0 Å². The molecular weight excluding hydrogens is 559 g/mol. The Morgan fingerprint density at radius 1 is 0.780 bits per heavy atom.